The van der Waals surface area contributed by atoms with E-state index in [9.17, 15) is 4.57 Å². The van der Waals surface area contributed by atoms with Gasteiger partial charge in [0.05, 0.1) is 11.0 Å². The van der Waals surface area contributed by atoms with Crippen molar-refractivity contribution in [3.05, 3.63) is 24.3 Å². The second-order valence-electron chi connectivity index (χ2n) is 2.80. The number of nitrogens with two attached hydrogens (primary N) is 2. The van der Waals surface area contributed by atoms with E-state index in [1.165, 1.54) is 0 Å². The number of hydrogen-bond donors (Lipinski definition) is 3. The van der Waals surface area contributed by atoms with Gasteiger partial charge in [-0.25, -0.2) is 4.98 Å². The number of benzene rings is 1. The molecule has 5 N–H and O–H groups in total. The number of nitrogens with zero attached hydrogens (tertiary/aromatic N) is 1. The molecule has 74 valence electrons. The highest BCUT2D eigenvalue weighted by molar-refractivity contribution is 8.56. The predicted octanol–water partition coefficient (Wildman–Crippen LogP) is 1.68. The molecule has 0 aliphatic heterocycles. The maximum absolute atomic E-state index is 11.1. The minimum atomic E-state index is -3.12. The maximum atomic E-state index is 11.1. The fraction of sp³-hybridized carbons (Fsp3) is 0. The minimum absolute atomic E-state index is 0.486. The second-order valence-corrected chi connectivity index (χ2v) is 6.92. The Labute approximate surface area is 84.5 Å². The first-order valence-corrected chi connectivity index (χ1v) is 7.13. The maximum Gasteiger partial charge on any atom is 0.268 e. The number of para-hydroxylation sites is 2. The molecule has 7 heteroatoms. The third-order valence-corrected chi connectivity index (χ3v) is 3.62. The molecule has 5 nitrogen and oxygen atoms in total. The molecule has 0 aliphatic rings. The molecule has 2 rings (SSSR count). The van der Waals surface area contributed by atoms with Crippen molar-refractivity contribution >= 4 is 29.1 Å². The lowest BCUT2D eigenvalue weighted by molar-refractivity contribution is 0.586. The van der Waals surface area contributed by atoms with Crippen molar-refractivity contribution in [1.82, 2.24) is 9.97 Å². The lowest BCUT2D eigenvalue weighted by Gasteiger charge is -2.00. The normalized spacial score (nSPS) is 12.1. The zero-order valence-electron chi connectivity index (χ0n) is 7.18. The van der Waals surface area contributed by atoms with Gasteiger partial charge in [0, 0.05) is 11.4 Å². The predicted molar refractivity (Wildman–Crippen MR) is 57.9 cm³/mol. The summed E-state index contributed by atoms with van der Waals surface area (Å²) in [5.74, 6) is 0. The molecule has 0 atom stereocenters. The van der Waals surface area contributed by atoms with Gasteiger partial charge in [-0.05, 0) is 12.1 Å². The van der Waals surface area contributed by atoms with Gasteiger partial charge in [0.2, 0.25) is 0 Å². The van der Waals surface area contributed by atoms with E-state index in [-0.39, 0.29) is 0 Å². The van der Waals surface area contributed by atoms with Crippen LogP contribution in [0.3, 0.4) is 0 Å². The molecule has 1 heterocycles. The Morgan fingerprint density at radius 2 is 2.07 bits per heavy atom. The molecule has 0 amide bonds. The van der Waals surface area contributed by atoms with Crippen LogP contribution in [0.5, 0.6) is 0 Å². The van der Waals surface area contributed by atoms with Gasteiger partial charge in [-0.2, -0.15) is 0 Å². The Morgan fingerprint density at radius 3 is 2.71 bits per heavy atom. The van der Waals surface area contributed by atoms with Gasteiger partial charge in [-0.15, -0.1) is 0 Å². The molecule has 1 aromatic heterocycles. The van der Waals surface area contributed by atoms with Gasteiger partial charge >= 0.3 is 0 Å². The number of nitrogens with one attached hydrogen (secondary N) is 1. The highest BCUT2D eigenvalue weighted by Gasteiger charge is 2.13. The van der Waals surface area contributed by atoms with Crippen molar-refractivity contribution in [2.45, 2.75) is 5.16 Å². The Hall–Kier alpha value is -0.810. The Balaban J connectivity index is 2.41. The molecule has 0 unspecified atom stereocenters. The zero-order chi connectivity index (χ0) is 10.2. The topological polar surface area (TPSA) is 97.8 Å². The van der Waals surface area contributed by atoms with E-state index < -0.39 is 6.65 Å². The molecule has 1 aromatic carbocycles. The van der Waals surface area contributed by atoms with Crippen LogP contribution in [0, 0.1) is 0 Å². The molecular formula is C7H9N4OPS. The lowest BCUT2D eigenvalue weighted by atomic mass is 10.3. The van der Waals surface area contributed by atoms with Crippen molar-refractivity contribution in [3.63, 3.8) is 0 Å². The summed E-state index contributed by atoms with van der Waals surface area (Å²) in [6.07, 6.45) is 0. The quantitative estimate of drug-likeness (QED) is 0.679. The molecule has 0 saturated heterocycles. The van der Waals surface area contributed by atoms with Gasteiger partial charge < -0.3 is 4.98 Å². The van der Waals surface area contributed by atoms with Crippen molar-refractivity contribution in [2.24, 2.45) is 11.0 Å². The first kappa shape index (κ1) is 9.73. The smallest absolute Gasteiger partial charge is 0.268 e. The van der Waals surface area contributed by atoms with Crippen LogP contribution >= 0.6 is 18.0 Å². The summed E-state index contributed by atoms with van der Waals surface area (Å²) >= 11 is 0.871. The first-order chi connectivity index (χ1) is 6.54. The number of imidazole rings is 1. The summed E-state index contributed by atoms with van der Waals surface area (Å²) in [7, 11) is 0. The van der Waals surface area contributed by atoms with Crippen LogP contribution in [0.1, 0.15) is 0 Å². The number of rotatable bonds is 2. The van der Waals surface area contributed by atoms with E-state index in [0.717, 1.165) is 22.4 Å². The fourth-order valence-corrected chi connectivity index (χ4v) is 2.74. The Bertz CT molecular complexity index is 472. The highest BCUT2D eigenvalue weighted by atomic mass is 32.7. The number of fused-ring (bicyclic) bond motifs is 1. The van der Waals surface area contributed by atoms with E-state index in [0.29, 0.717) is 5.16 Å². The molecule has 14 heavy (non-hydrogen) atoms. The average Bonchev–Trinajstić information content (AvgIpc) is 2.42. The largest absolute Gasteiger partial charge is 0.332 e. The van der Waals surface area contributed by atoms with E-state index >= 15 is 0 Å². The van der Waals surface area contributed by atoms with Crippen LogP contribution in [0.15, 0.2) is 29.4 Å². The Kier molecular flexibility index (Phi) is 2.36. The van der Waals surface area contributed by atoms with Crippen LogP contribution in [-0.4, -0.2) is 9.97 Å². The number of hydrogen-bond acceptors (Lipinski definition) is 3. The van der Waals surface area contributed by atoms with Gasteiger partial charge in [0.1, 0.15) is 0 Å². The summed E-state index contributed by atoms with van der Waals surface area (Å²) in [6.45, 7) is -3.12. The molecule has 0 spiro atoms. The zero-order valence-corrected chi connectivity index (χ0v) is 8.89. The van der Waals surface area contributed by atoms with Crippen LogP contribution in [-0.2, 0) is 4.57 Å². The van der Waals surface area contributed by atoms with E-state index in [1.807, 2.05) is 24.3 Å². The van der Waals surface area contributed by atoms with Gasteiger partial charge in [0.15, 0.2) is 5.16 Å². The SMILES string of the molecule is NP(N)(=O)Sc1nc2ccccc2[nH]1. The molecule has 0 radical (unpaired) electrons. The molecule has 0 fully saturated rings. The van der Waals surface area contributed by atoms with Gasteiger partial charge in [0.25, 0.3) is 6.65 Å². The van der Waals surface area contributed by atoms with Crippen LogP contribution in [0.4, 0.5) is 0 Å². The van der Waals surface area contributed by atoms with Crippen molar-refractivity contribution in [3.8, 4) is 0 Å². The first-order valence-electron chi connectivity index (χ1n) is 3.86. The number of H-pyrrole nitrogens is 1. The summed E-state index contributed by atoms with van der Waals surface area (Å²) < 4.78 is 11.1. The number of aromatic amines is 1. The summed E-state index contributed by atoms with van der Waals surface area (Å²) in [4.78, 5) is 7.14. The summed E-state index contributed by atoms with van der Waals surface area (Å²) in [5, 5.41) is 0.486. The third kappa shape index (κ3) is 2.16. The van der Waals surface area contributed by atoms with Crippen LogP contribution in [0.2, 0.25) is 0 Å². The minimum Gasteiger partial charge on any atom is -0.332 e. The summed E-state index contributed by atoms with van der Waals surface area (Å²) in [5.41, 5.74) is 12.1. The molecule has 2 aromatic rings. The standard InChI is InChI=1S/C7H9N4OPS/c8-13(9,12)14-7-10-5-3-1-2-4-6(5)11-7/h1-4H,(H,10,11)(H4,8,9,12). The van der Waals surface area contributed by atoms with Crippen molar-refractivity contribution in [1.29, 1.82) is 0 Å². The average molecular weight is 228 g/mol. The molecular weight excluding hydrogens is 219 g/mol. The molecule has 0 aliphatic carbocycles. The van der Waals surface area contributed by atoms with E-state index in [2.05, 4.69) is 9.97 Å². The summed E-state index contributed by atoms with van der Waals surface area (Å²) in [6, 6.07) is 7.50. The third-order valence-electron chi connectivity index (χ3n) is 1.60. The molecule has 0 bridgehead atoms. The molecule has 0 saturated carbocycles. The van der Waals surface area contributed by atoms with Crippen molar-refractivity contribution < 1.29 is 4.57 Å². The van der Waals surface area contributed by atoms with Crippen LogP contribution < -0.4 is 11.0 Å². The van der Waals surface area contributed by atoms with Crippen molar-refractivity contribution in [2.75, 3.05) is 0 Å². The number of aromatic nitrogens is 2. The monoisotopic (exact) mass is 228 g/mol. The van der Waals surface area contributed by atoms with E-state index in [1.54, 1.807) is 0 Å². The lowest BCUT2D eigenvalue weighted by Crippen LogP contribution is -1.99. The van der Waals surface area contributed by atoms with Gasteiger partial charge in [-0.1, -0.05) is 12.1 Å². The van der Waals surface area contributed by atoms with Gasteiger partial charge in [-0.3, -0.25) is 15.6 Å². The highest BCUT2D eigenvalue weighted by Crippen LogP contribution is 2.47. The Morgan fingerprint density at radius 1 is 1.36 bits per heavy atom. The fourth-order valence-electron chi connectivity index (χ4n) is 1.11. The second kappa shape index (κ2) is 3.40. The van der Waals surface area contributed by atoms with E-state index in [4.69, 9.17) is 11.0 Å². The van der Waals surface area contributed by atoms with Crippen LogP contribution in [0.25, 0.3) is 11.0 Å².